The molecule has 3 unspecified atom stereocenters. The van der Waals surface area contributed by atoms with Crippen LogP contribution in [0.1, 0.15) is 57.7 Å². The Kier molecular flexibility index (Phi) is 10.0. The molecule has 1 aliphatic heterocycles. The van der Waals surface area contributed by atoms with Gasteiger partial charge in [0.15, 0.2) is 5.96 Å². The summed E-state index contributed by atoms with van der Waals surface area (Å²) in [6, 6.07) is 6.34. The first-order valence-corrected chi connectivity index (χ1v) is 9.99. The van der Waals surface area contributed by atoms with Crippen molar-refractivity contribution in [2.45, 2.75) is 59.6 Å². The van der Waals surface area contributed by atoms with Crippen LogP contribution in [0.5, 0.6) is 5.75 Å². The Morgan fingerprint density at radius 1 is 1.36 bits per heavy atom. The van der Waals surface area contributed by atoms with Gasteiger partial charge in [-0.15, -0.1) is 24.0 Å². The van der Waals surface area contributed by atoms with Crippen LogP contribution in [-0.2, 0) is 4.74 Å². The lowest BCUT2D eigenvalue weighted by Gasteiger charge is -2.40. The first-order valence-electron chi connectivity index (χ1n) is 9.99. The average molecular weight is 503 g/mol. The summed E-state index contributed by atoms with van der Waals surface area (Å²) in [7, 11) is 3.53. The molecule has 0 aliphatic carbocycles. The lowest BCUT2D eigenvalue weighted by atomic mass is 9.78. The molecule has 0 amide bonds. The third-order valence-corrected chi connectivity index (χ3v) is 5.26. The van der Waals surface area contributed by atoms with Crippen molar-refractivity contribution in [3.05, 3.63) is 29.3 Å². The number of aryl methyl sites for hydroxylation is 1. The third kappa shape index (κ3) is 6.79. The molecule has 0 bridgehead atoms. The SMILES string of the molecule is CN=C(NCC1CCCOC1C(C)(C)C)NC(C)c1cc(C)ccc1OC.I. The van der Waals surface area contributed by atoms with E-state index in [0.29, 0.717) is 5.92 Å². The van der Waals surface area contributed by atoms with Gasteiger partial charge >= 0.3 is 0 Å². The second-order valence-corrected chi connectivity index (χ2v) is 8.62. The minimum Gasteiger partial charge on any atom is -0.496 e. The molecule has 1 aromatic carbocycles. The number of hydrogen-bond acceptors (Lipinski definition) is 3. The van der Waals surface area contributed by atoms with Gasteiger partial charge in [0.2, 0.25) is 0 Å². The Bertz CT molecular complexity index is 643. The van der Waals surface area contributed by atoms with Gasteiger partial charge < -0.3 is 20.1 Å². The predicted octanol–water partition coefficient (Wildman–Crippen LogP) is 4.69. The van der Waals surface area contributed by atoms with Gasteiger partial charge in [-0.25, -0.2) is 0 Å². The van der Waals surface area contributed by atoms with Crippen LogP contribution in [0.15, 0.2) is 23.2 Å². The summed E-state index contributed by atoms with van der Waals surface area (Å²) in [5.41, 5.74) is 2.50. The van der Waals surface area contributed by atoms with Crippen LogP contribution < -0.4 is 15.4 Å². The van der Waals surface area contributed by atoms with Gasteiger partial charge in [0, 0.05) is 31.7 Å². The van der Waals surface area contributed by atoms with Gasteiger partial charge in [-0.1, -0.05) is 38.5 Å². The van der Waals surface area contributed by atoms with Gasteiger partial charge in [-0.05, 0) is 38.2 Å². The fraction of sp³-hybridized carbons (Fsp3) is 0.682. The summed E-state index contributed by atoms with van der Waals surface area (Å²) < 4.78 is 11.6. The number of rotatable bonds is 5. The fourth-order valence-corrected chi connectivity index (χ4v) is 3.91. The second kappa shape index (κ2) is 11.2. The van der Waals surface area contributed by atoms with Crippen LogP contribution in [0.25, 0.3) is 0 Å². The van der Waals surface area contributed by atoms with Gasteiger partial charge in [0.25, 0.3) is 0 Å². The molecule has 2 rings (SSSR count). The molecule has 0 spiro atoms. The van der Waals surface area contributed by atoms with Crippen LogP contribution in [0.2, 0.25) is 0 Å². The highest BCUT2D eigenvalue weighted by Gasteiger charge is 2.35. The molecular formula is C22H38IN3O2. The topological polar surface area (TPSA) is 54.9 Å². The Balaban J connectivity index is 0.00000392. The maximum atomic E-state index is 6.10. The molecule has 0 radical (unpaired) electrons. The van der Waals surface area contributed by atoms with E-state index in [2.05, 4.69) is 62.4 Å². The van der Waals surface area contributed by atoms with E-state index in [9.17, 15) is 0 Å². The van der Waals surface area contributed by atoms with Crippen molar-refractivity contribution in [1.29, 1.82) is 0 Å². The van der Waals surface area contributed by atoms with Gasteiger partial charge in [-0.2, -0.15) is 0 Å². The molecule has 1 fully saturated rings. The molecule has 3 atom stereocenters. The molecule has 6 heteroatoms. The van der Waals surface area contributed by atoms with Crippen LogP contribution in [0.4, 0.5) is 0 Å². The number of methoxy groups -OCH3 is 1. The standard InChI is InChI=1S/C22H37N3O2.HI/c1-15-10-11-19(26-7)18(13-15)16(2)25-21(23-6)24-14-17-9-8-12-27-20(17)22(3,4)5;/h10-11,13,16-17,20H,8-9,12,14H2,1-7H3,(H2,23,24,25);1H. The molecule has 1 saturated heterocycles. The Hall–Kier alpha value is -1.02. The smallest absolute Gasteiger partial charge is 0.191 e. The zero-order valence-electron chi connectivity index (χ0n) is 18.5. The number of hydrogen-bond donors (Lipinski definition) is 2. The van der Waals surface area contributed by atoms with Gasteiger partial charge in [-0.3, -0.25) is 4.99 Å². The number of benzene rings is 1. The number of halogens is 1. The number of guanidine groups is 1. The fourth-order valence-electron chi connectivity index (χ4n) is 3.91. The largest absolute Gasteiger partial charge is 0.496 e. The van der Waals surface area contributed by atoms with E-state index >= 15 is 0 Å². The van der Waals surface area contributed by atoms with E-state index in [1.807, 2.05) is 13.1 Å². The highest BCUT2D eigenvalue weighted by molar-refractivity contribution is 14.0. The minimum atomic E-state index is 0. The minimum absolute atomic E-state index is 0. The summed E-state index contributed by atoms with van der Waals surface area (Å²) in [5.74, 6) is 2.19. The molecular weight excluding hydrogens is 465 g/mol. The zero-order chi connectivity index (χ0) is 20.0. The molecule has 1 aromatic rings. The third-order valence-electron chi connectivity index (χ3n) is 5.26. The average Bonchev–Trinajstić information content (AvgIpc) is 2.64. The Morgan fingerprint density at radius 3 is 2.68 bits per heavy atom. The lowest BCUT2D eigenvalue weighted by Crippen LogP contribution is -2.47. The maximum absolute atomic E-state index is 6.10. The molecule has 28 heavy (non-hydrogen) atoms. The van der Waals surface area contributed by atoms with E-state index < -0.39 is 0 Å². The number of nitrogens with zero attached hydrogens (tertiary/aromatic N) is 1. The van der Waals surface area contributed by atoms with E-state index in [-0.39, 0.29) is 41.5 Å². The normalized spacial score (nSPS) is 21.5. The molecule has 1 heterocycles. The lowest BCUT2D eigenvalue weighted by molar-refractivity contribution is -0.0835. The van der Waals surface area contributed by atoms with Crippen molar-refractivity contribution < 1.29 is 9.47 Å². The summed E-state index contributed by atoms with van der Waals surface area (Å²) in [6.45, 7) is 12.7. The van der Waals surface area contributed by atoms with Crippen molar-refractivity contribution in [3.8, 4) is 5.75 Å². The van der Waals surface area contributed by atoms with Crippen molar-refractivity contribution in [2.24, 2.45) is 16.3 Å². The maximum Gasteiger partial charge on any atom is 0.191 e. The second-order valence-electron chi connectivity index (χ2n) is 8.62. The quantitative estimate of drug-likeness (QED) is 0.348. The van der Waals surface area contributed by atoms with Crippen LogP contribution in [0.3, 0.4) is 0 Å². The van der Waals surface area contributed by atoms with Gasteiger partial charge in [0.1, 0.15) is 5.75 Å². The van der Waals surface area contributed by atoms with Crippen LogP contribution in [-0.4, -0.2) is 39.4 Å². The monoisotopic (exact) mass is 503 g/mol. The highest BCUT2D eigenvalue weighted by Crippen LogP contribution is 2.33. The number of nitrogens with one attached hydrogen (secondary N) is 2. The molecule has 2 N–H and O–H groups in total. The Morgan fingerprint density at radius 2 is 2.07 bits per heavy atom. The summed E-state index contributed by atoms with van der Waals surface area (Å²) in [5, 5.41) is 7.01. The summed E-state index contributed by atoms with van der Waals surface area (Å²) >= 11 is 0. The summed E-state index contributed by atoms with van der Waals surface area (Å²) in [4.78, 5) is 4.42. The van der Waals surface area contributed by atoms with E-state index in [4.69, 9.17) is 9.47 Å². The predicted molar refractivity (Wildman–Crippen MR) is 128 cm³/mol. The summed E-state index contributed by atoms with van der Waals surface area (Å²) in [6.07, 6.45) is 2.58. The van der Waals surface area contributed by atoms with E-state index in [0.717, 1.165) is 36.8 Å². The number of aliphatic imine (C=N–C) groups is 1. The molecule has 0 saturated carbocycles. The first kappa shape index (κ1) is 25.0. The molecule has 160 valence electrons. The van der Waals surface area contributed by atoms with Crippen molar-refractivity contribution in [2.75, 3.05) is 27.3 Å². The van der Waals surface area contributed by atoms with Crippen molar-refractivity contribution in [3.63, 3.8) is 0 Å². The van der Waals surface area contributed by atoms with Crippen molar-refractivity contribution >= 4 is 29.9 Å². The molecule has 0 aromatic heterocycles. The Labute approximate surface area is 188 Å². The molecule has 5 nitrogen and oxygen atoms in total. The van der Waals surface area contributed by atoms with Gasteiger partial charge in [0.05, 0.1) is 19.3 Å². The zero-order valence-corrected chi connectivity index (χ0v) is 20.8. The number of ether oxygens (including phenoxy) is 2. The molecule has 1 aliphatic rings. The van der Waals surface area contributed by atoms with Crippen molar-refractivity contribution in [1.82, 2.24) is 10.6 Å². The first-order chi connectivity index (χ1) is 12.8. The van der Waals surface area contributed by atoms with Crippen LogP contribution in [0, 0.1) is 18.3 Å². The van der Waals surface area contributed by atoms with E-state index in [1.165, 1.54) is 12.0 Å². The van der Waals surface area contributed by atoms with E-state index in [1.54, 1.807) is 7.11 Å². The van der Waals surface area contributed by atoms with Crippen LogP contribution >= 0.6 is 24.0 Å². The highest BCUT2D eigenvalue weighted by atomic mass is 127.